The number of anilines is 1. The fraction of sp³-hybridized carbons (Fsp3) is 0.136. The molecule has 0 fully saturated rings. The topological polar surface area (TPSA) is 58.6 Å². The van der Waals surface area contributed by atoms with Crippen LogP contribution in [0.15, 0.2) is 54.6 Å². The number of nitrogens with one attached hydrogen (secondary N) is 1. The van der Waals surface area contributed by atoms with Gasteiger partial charge >= 0.3 is 5.97 Å². The molecule has 0 atom stereocenters. The Morgan fingerprint density at radius 2 is 1.72 bits per heavy atom. The summed E-state index contributed by atoms with van der Waals surface area (Å²) in [6, 6.07) is 16.1. The molecule has 0 saturated heterocycles. The fourth-order valence-corrected chi connectivity index (χ4v) is 3.53. The van der Waals surface area contributed by atoms with Crippen molar-refractivity contribution < 1.29 is 14.6 Å². The van der Waals surface area contributed by atoms with E-state index in [2.05, 4.69) is 5.32 Å². The monoisotopic (exact) mass is 449 g/mol. The van der Waals surface area contributed by atoms with Crippen LogP contribution in [0.4, 0.5) is 5.69 Å². The first-order valence-electron chi connectivity index (χ1n) is 8.76. The maximum atomic E-state index is 11.3. The van der Waals surface area contributed by atoms with Crippen molar-refractivity contribution in [3.05, 3.63) is 91.9 Å². The van der Waals surface area contributed by atoms with E-state index in [1.165, 1.54) is 17.7 Å². The molecule has 2 N–H and O–H groups in total. The van der Waals surface area contributed by atoms with E-state index in [1.807, 2.05) is 31.2 Å². The van der Waals surface area contributed by atoms with E-state index >= 15 is 0 Å². The highest BCUT2D eigenvalue weighted by Crippen LogP contribution is 2.34. The average molecular weight is 451 g/mol. The molecule has 150 valence electrons. The summed E-state index contributed by atoms with van der Waals surface area (Å²) in [5, 5.41) is 13.5. The van der Waals surface area contributed by atoms with Gasteiger partial charge in [-0.05, 0) is 42.8 Å². The number of hydrogen-bond donors (Lipinski definition) is 2. The standard InChI is InChI=1S/C22H18Cl3NO3/c1-13-2-4-14(5-3-13)12-29-21-15(8-16(23)9-20(21)25)11-26-17-6-7-19(24)18(10-17)22(27)28/h2-10,26H,11-12H2,1H3,(H,27,28). The van der Waals surface area contributed by atoms with Crippen LogP contribution < -0.4 is 10.1 Å². The summed E-state index contributed by atoms with van der Waals surface area (Å²) in [5.41, 5.74) is 3.57. The van der Waals surface area contributed by atoms with E-state index in [9.17, 15) is 9.90 Å². The minimum absolute atomic E-state index is 0.0247. The van der Waals surface area contributed by atoms with Crippen molar-refractivity contribution in [1.29, 1.82) is 0 Å². The molecule has 3 aromatic carbocycles. The number of carbonyl (C=O) groups is 1. The van der Waals surface area contributed by atoms with Crippen molar-refractivity contribution in [2.24, 2.45) is 0 Å². The Hall–Kier alpha value is -2.40. The van der Waals surface area contributed by atoms with Gasteiger partial charge in [-0.1, -0.05) is 64.6 Å². The lowest BCUT2D eigenvalue weighted by Crippen LogP contribution is -2.06. The zero-order valence-corrected chi connectivity index (χ0v) is 17.8. The van der Waals surface area contributed by atoms with E-state index in [4.69, 9.17) is 39.5 Å². The Morgan fingerprint density at radius 3 is 2.41 bits per heavy atom. The maximum absolute atomic E-state index is 11.3. The van der Waals surface area contributed by atoms with Crippen molar-refractivity contribution >= 4 is 46.5 Å². The summed E-state index contributed by atoms with van der Waals surface area (Å²) >= 11 is 18.4. The number of halogens is 3. The summed E-state index contributed by atoms with van der Waals surface area (Å²) in [7, 11) is 0. The van der Waals surface area contributed by atoms with Crippen LogP contribution in [0.1, 0.15) is 27.0 Å². The predicted octanol–water partition coefficient (Wildman–Crippen LogP) is 6.84. The maximum Gasteiger partial charge on any atom is 0.337 e. The van der Waals surface area contributed by atoms with Crippen LogP contribution in [0.3, 0.4) is 0 Å². The van der Waals surface area contributed by atoms with Crippen LogP contribution in [-0.2, 0) is 13.2 Å². The van der Waals surface area contributed by atoms with Gasteiger partial charge in [-0.3, -0.25) is 0 Å². The number of aryl methyl sites for hydroxylation is 1. The van der Waals surface area contributed by atoms with E-state index in [0.29, 0.717) is 34.6 Å². The van der Waals surface area contributed by atoms with Gasteiger partial charge in [0.25, 0.3) is 0 Å². The summed E-state index contributed by atoms with van der Waals surface area (Å²) in [5.74, 6) is -0.567. The third-order valence-corrected chi connectivity index (χ3v) is 5.10. The Kier molecular flexibility index (Phi) is 6.91. The van der Waals surface area contributed by atoms with Gasteiger partial charge in [-0.2, -0.15) is 0 Å². The number of aromatic carboxylic acids is 1. The van der Waals surface area contributed by atoms with Gasteiger partial charge in [0, 0.05) is 22.8 Å². The zero-order chi connectivity index (χ0) is 21.0. The third kappa shape index (κ3) is 5.57. The summed E-state index contributed by atoms with van der Waals surface area (Å²) in [4.78, 5) is 11.3. The zero-order valence-electron chi connectivity index (χ0n) is 15.5. The molecule has 0 aliphatic carbocycles. The Morgan fingerprint density at radius 1 is 1.00 bits per heavy atom. The van der Waals surface area contributed by atoms with Crippen LogP contribution in [0, 0.1) is 6.92 Å². The highest BCUT2D eigenvalue weighted by atomic mass is 35.5. The van der Waals surface area contributed by atoms with Gasteiger partial charge in [-0.25, -0.2) is 4.79 Å². The Balaban J connectivity index is 1.79. The van der Waals surface area contributed by atoms with Crippen LogP contribution in [0.5, 0.6) is 5.75 Å². The van der Waals surface area contributed by atoms with E-state index < -0.39 is 5.97 Å². The van der Waals surface area contributed by atoms with E-state index in [-0.39, 0.29) is 10.6 Å². The van der Waals surface area contributed by atoms with Gasteiger partial charge in [0.15, 0.2) is 0 Å². The normalized spacial score (nSPS) is 10.6. The highest BCUT2D eigenvalue weighted by molar-refractivity contribution is 6.35. The second kappa shape index (κ2) is 9.40. The van der Waals surface area contributed by atoms with Crippen LogP contribution >= 0.6 is 34.8 Å². The molecule has 0 aliphatic heterocycles. The predicted molar refractivity (Wildman–Crippen MR) is 118 cm³/mol. The molecular weight excluding hydrogens is 433 g/mol. The first-order chi connectivity index (χ1) is 13.8. The van der Waals surface area contributed by atoms with Crippen molar-refractivity contribution in [2.45, 2.75) is 20.1 Å². The summed E-state index contributed by atoms with van der Waals surface area (Å²) in [6.45, 7) is 2.72. The molecular formula is C22H18Cl3NO3. The molecule has 4 nitrogen and oxygen atoms in total. The molecule has 0 bridgehead atoms. The lowest BCUT2D eigenvalue weighted by atomic mass is 10.1. The SMILES string of the molecule is Cc1ccc(COc2c(Cl)cc(Cl)cc2CNc2ccc(Cl)c(C(=O)O)c2)cc1. The number of ether oxygens (including phenoxy) is 1. The number of rotatable bonds is 7. The van der Waals surface area contributed by atoms with Gasteiger partial charge in [0.1, 0.15) is 12.4 Å². The number of carboxylic acids is 1. The lowest BCUT2D eigenvalue weighted by molar-refractivity contribution is 0.0697. The molecule has 7 heteroatoms. The van der Waals surface area contributed by atoms with Gasteiger partial charge in [0.2, 0.25) is 0 Å². The van der Waals surface area contributed by atoms with Gasteiger partial charge < -0.3 is 15.2 Å². The summed E-state index contributed by atoms with van der Waals surface area (Å²) < 4.78 is 5.97. The van der Waals surface area contributed by atoms with E-state index in [0.717, 1.165) is 11.1 Å². The van der Waals surface area contributed by atoms with Crippen molar-refractivity contribution in [3.8, 4) is 5.75 Å². The van der Waals surface area contributed by atoms with Crippen molar-refractivity contribution in [1.82, 2.24) is 0 Å². The lowest BCUT2D eigenvalue weighted by Gasteiger charge is -2.16. The number of hydrogen-bond acceptors (Lipinski definition) is 3. The molecule has 3 aromatic rings. The van der Waals surface area contributed by atoms with Crippen molar-refractivity contribution in [2.75, 3.05) is 5.32 Å². The Labute approximate surface area is 184 Å². The minimum atomic E-state index is -1.09. The molecule has 0 aromatic heterocycles. The molecule has 0 unspecified atom stereocenters. The minimum Gasteiger partial charge on any atom is -0.487 e. The molecule has 0 amide bonds. The van der Waals surface area contributed by atoms with Crippen LogP contribution in [0.25, 0.3) is 0 Å². The highest BCUT2D eigenvalue weighted by Gasteiger charge is 2.13. The molecule has 0 aliphatic rings. The second-order valence-electron chi connectivity index (χ2n) is 6.50. The van der Waals surface area contributed by atoms with Gasteiger partial charge in [0.05, 0.1) is 15.6 Å². The number of benzene rings is 3. The first-order valence-corrected chi connectivity index (χ1v) is 9.90. The van der Waals surface area contributed by atoms with Crippen LogP contribution in [0.2, 0.25) is 15.1 Å². The fourth-order valence-electron chi connectivity index (χ4n) is 2.74. The average Bonchev–Trinajstić information content (AvgIpc) is 2.67. The smallest absolute Gasteiger partial charge is 0.337 e. The molecule has 0 spiro atoms. The molecule has 0 saturated carbocycles. The molecule has 29 heavy (non-hydrogen) atoms. The van der Waals surface area contributed by atoms with Gasteiger partial charge in [-0.15, -0.1) is 0 Å². The molecule has 0 radical (unpaired) electrons. The molecule has 0 heterocycles. The van der Waals surface area contributed by atoms with Crippen LogP contribution in [-0.4, -0.2) is 11.1 Å². The largest absolute Gasteiger partial charge is 0.487 e. The number of carboxylic acid groups (broad SMARTS) is 1. The van der Waals surface area contributed by atoms with E-state index in [1.54, 1.807) is 18.2 Å². The molecule has 3 rings (SSSR count). The van der Waals surface area contributed by atoms with Crippen molar-refractivity contribution in [3.63, 3.8) is 0 Å². The summed E-state index contributed by atoms with van der Waals surface area (Å²) in [6.07, 6.45) is 0. The third-order valence-electron chi connectivity index (χ3n) is 4.27. The first kappa shape index (κ1) is 21.3. The second-order valence-corrected chi connectivity index (χ2v) is 7.75. The Bertz CT molecular complexity index is 1040. The quantitative estimate of drug-likeness (QED) is 0.413.